The number of nitrogens with zero attached hydrogens (tertiary/aromatic N) is 3. The van der Waals surface area contributed by atoms with Gasteiger partial charge < -0.3 is 10.3 Å². The first kappa shape index (κ1) is 13.9. The quantitative estimate of drug-likeness (QED) is 0.597. The van der Waals surface area contributed by atoms with Crippen molar-refractivity contribution in [1.82, 2.24) is 9.88 Å². The molecule has 0 aromatic carbocycles. The minimum atomic E-state index is -0.204. The predicted octanol–water partition coefficient (Wildman–Crippen LogP) is 0.989. The average molecular weight is 247 g/mol. The van der Waals surface area contributed by atoms with E-state index in [1.807, 2.05) is 6.92 Å². The fourth-order valence-electron chi connectivity index (χ4n) is 1.59. The monoisotopic (exact) mass is 247 g/mol. The van der Waals surface area contributed by atoms with Crippen LogP contribution in [-0.2, 0) is 0 Å². The number of carbonyl (C=O) groups is 1. The minimum absolute atomic E-state index is 0.157. The molecule has 1 amide bonds. The van der Waals surface area contributed by atoms with E-state index in [0.717, 1.165) is 0 Å². The van der Waals surface area contributed by atoms with Crippen molar-refractivity contribution >= 4 is 11.6 Å². The molecule has 96 valence electrons. The highest BCUT2D eigenvalue weighted by molar-refractivity contribution is 5.99. The van der Waals surface area contributed by atoms with Crippen molar-refractivity contribution in [3.05, 3.63) is 24.0 Å². The van der Waals surface area contributed by atoms with Crippen LogP contribution in [0.3, 0.4) is 0 Å². The number of hydrogen-bond donors (Lipinski definition) is 2. The van der Waals surface area contributed by atoms with Crippen molar-refractivity contribution < 1.29 is 4.79 Å². The average Bonchev–Trinajstić information content (AvgIpc) is 2.43. The third-order valence-electron chi connectivity index (χ3n) is 2.59. The fourth-order valence-corrected chi connectivity index (χ4v) is 1.59. The Labute approximate surface area is 106 Å². The Balaban J connectivity index is 2.93. The van der Waals surface area contributed by atoms with Crippen LogP contribution in [0.4, 0.5) is 5.69 Å². The second-order valence-electron chi connectivity index (χ2n) is 3.94. The predicted molar refractivity (Wildman–Crippen MR) is 68.4 cm³/mol. The Hall–Kier alpha value is -2.13. The van der Waals surface area contributed by atoms with Gasteiger partial charge in [-0.05, 0) is 19.9 Å². The summed E-state index contributed by atoms with van der Waals surface area (Å²) >= 11 is 0. The first-order valence-corrected chi connectivity index (χ1v) is 5.73. The fraction of sp³-hybridized carbons (Fsp3) is 0.417. The van der Waals surface area contributed by atoms with Crippen molar-refractivity contribution in [1.29, 1.82) is 5.26 Å². The number of rotatable bonds is 5. The van der Waals surface area contributed by atoms with Gasteiger partial charge in [0.15, 0.2) is 0 Å². The molecule has 1 rings (SSSR count). The van der Waals surface area contributed by atoms with Gasteiger partial charge in [-0.25, -0.2) is 0 Å². The van der Waals surface area contributed by atoms with Gasteiger partial charge in [0, 0.05) is 19.3 Å². The molecule has 1 heterocycles. The Bertz CT molecular complexity index is 454. The highest BCUT2D eigenvalue weighted by Gasteiger charge is 2.19. The van der Waals surface area contributed by atoms with Gasteiger partial charge in [0.2, 0.25) is 0 Å². The van der Waals surface area contributed by atoms with Crippen LogP contribution in [-0.4, -0.2) is 28.9 Å². The van der Waals surface area contributed by atoms with Gasteiger partial charge in [-0.1, -0.05) is 0 Å². The van der Waals surface area contributed by atoms with Crippen LogP contribution in [0.5, 0.6) is 0 Å². The maximum absolute atomic E-state index is 12.3. The van der Waals surface area contributed by atoms with E-state index in [4.69, 9.17) is 11.1 Å². The van der Waals surface area contributed by atoms with Gasteiger partial charge in [0.05, 0.1) is 29.4 Å². The van der Waals surface area contributed by atoms with Crippen molar-refractivity contribution in [3.8, 4) is 6.07 Å². The smallest absolute Gasteiger partial charge is 0.256 e. The van der Waals surface area contributed by atoms with E-state index >= 15 is 0 Å². The molecule has 0 fully saturated rings. The number of hydrogen-bond acceptors (Lipinski definition) is 5. The molecule has 1 aromatic rings. The first-order valence-electron chi connectivity index (χ1n) is 5.73. The lowest BCUT2D eigenvalue weighted by Crippen LogP contribution is -2.35. The lowest BCUT2D eigenvalue weighted by Gasteiger charge is -2.22. The molecule has 0 aliphatic heterocycles. The van der Waals surface area contributed by atoms with Gasteiger partial charge in [-0.2, -0.15) is 5.26 Å². The van der Waals surface area contributed by atoms with E-state index in [0.29, 0.717) is 24.3 Å². The number of nitrogen functional groups attached to an aromatic ring is 1. The molecule has 0 radical (unpaired) electrons. The summed E-state index contributed by atoms with van der Waals surface area (Å²) < 4.78 is 0. The third kappa shape index (κ3) is 3.18. The van der Waals surface area contributed by atoms with Gasteiger partial charge >= 0.3 is 0 Å². The minimum Gasteiger partial charge on any atom is -0.338 e. The molecular weight excluding hydrogens is 230 g/mol. The van der Waals surface area contributed by atoms with Gasteiger partial charge in [-0.3, -0.25) is 15.6 Å². The van der Waals surface area contributed by atoms with Gasteiger partial charge in [0.1, 0.15) is 0 Å². The van der Waals surface area contributed by atoms with Crippen LogP contribution in [0.1, 0.15) is 24.2 Å². The maximum Gasteiger partial charge on any atom is 0.256 e. The molecule has 6 nitrogen and oxygen atoms in total. The zero-order valence-corrected chi connectivity index (χ0v) is 10.6. The van der Waals surface area contributed by atoms with Crippen molar-refractivity contribution in [2.45, 2.75) is 13.8 Å². The van der Waals surface area contributed by atoms with E-state index in [1.165, 1.54) is 12.4 Å². The van der Waals surface area contributed by atoms with Crippen LogP contribution >= 0.6 is 0 Å². The SMILES string of the molecule is CCN(CC(C)C#N)C(=O)c1ccncc1NN. The van der Waals surface area contributed by atoms with Crippen LogP contribution < -0.4 is 11.3 Å². The molecule has 0 aliphatic rings. The van der Waals surface area contributed by atoms with Crippen LogP contribution in [0.25, 0.3) is 0 Å². The number of pyridine rings is 1. The van der Waals surface area contributed by atoms with E-state index in [-0.39, 0.29) is 11.8 Å². The zero-order chi connectivity index (χ0) is 13.5. The highest BCUT2D eigenvalue weighted by Crippen LogP contribution is 2.15. The number of aromatic nitrogens is 1. The molecule has 0 saturated heterocycles. The van der Waals surface area contributed by atoms with Gasteiger partial charge in [-0.15, -0.1) is 0 Å². The molecule has 6 heteroatoms. The lowest BCUT2D eigenvalue weighted by molar-refractivity contribution is 0.0753. The summed E-state index contributed by atoms with van der Waals surface area (Å²) in [6, 6.07) is 3.73. The summed E-state index contributed by atoms with van der Waals surface area (Å²) in [7, 11) is 0. The summed E-state index contributed by atoms with van der Waals surface area (Å²) in [6.07, 6.45) is 3.03. The largest absolute Gasteiger partial charge is 0.338 e. The standard InChI is InChI=1S/C12H17N5O/c1-3-17(8-9(2)6-13)12(18)10-4-5-15-7-11(10)16-14/h4-5,7,9,16H,3,8,14H2,1-2H3. The molecule has 1 atom stereocenters. The molecule has 0 spiro atoms. The summed E-state index contributed by atoms with van der Waals surface area (Å²) in [5.41, 5.74) is 3.38. The Kier molecular flexibility index (Phi) is 5.08. The van der Waals surface area contributed by atoms with E-state index in [1.54, 1.807) is 17.9 Å². The number of carbonyl (C=O) groups excluding carboxylic acids is 1. The molecule has 3 N–H and O–H groups in total. The lowest BCUT2D eigenvalue weighted by atomic mass is 10.1. The van der Waals surface area contributed by atoms with E-state index in [9.17, 15) is 4.79 Å². The summed E-state index contributed by atoms with van der Waals surface area (Å²) in [4.78, 5) is 17.8. The maximum atomic E-state index is 12.3. The van der Waals surface area contributed by atoms with E-state index in [2.05, 4.69) is 16.5 Å². The number of amides is 1. The van der Waals surface area contributed by atoms with Crippen LogP contribution in [0.15, 0.2) is 18.5 Å². The summed E-state index contributed by atoms with van der Waals surface area (Å²) in [5, 5.41) is 8.80. The third-order valence-corrected chi connectivity index (χ3v) is 2.59. The van der Waals surface area contributed by atoms with E-state index < -0.39 is 0 Å². The van der Waals surface area contributed by atoms with Crippen molar-refractivity contribution in [3.63, 3.8) is 0 Å². The molecule has 1 aromatic heterocycles. The number of anilines is 1. The second-order valence-corrected chi connectivity index (χ2v) is 3.94. The normalized spacial score (nSPS) is 11.4. The zero-order valence-electron chi connectivity index (χ0n) is 10.6. The highest BCUT2D eigenvalue weighted by atomic mass is 16.2. The molecule has 0 bridgehead atoms. The first-order chi connectivity index (χ1) is 8.63. The summed E-state index contributed by atoms with van der Waals surface area (Å²) in [5.74, 6) is 4.98. The molecule has 18 heavy (non-hydrogen) atoms. The number of nitriles is 1. The molecule has 1 unspecified atom stereocenters. The Morgan fingerprint density at radius 3 is 3.00 bits per heavy atom. The number of hydrazine groups is 1. The topological polar surface area (TPSA) is 95.0 Å². The Morgan fingerprint density at radius 1 is 1.72 bits per heavy atom. The van der Waals surface area contributed by atoms with Crippen molar-refractivity contribution in [2.75, 3.05) is 18.5 Å². The van der Waals surface area contributed by atoms with Crippen LogP contribution in [0, 0.1) is 17.2 Å². The number of nitrogens with two attached hydrogens (primary N) is 1. The Morgan fingerprint density at radius 2 is 2.44 bits per heavy atom. The van der Waals surface area contributed by atoms with Crippen molar-refractivity contribution in [2.24, 2.45) is 11.8 Å². The molecule has 0 aliphatic carbocycles. The molecule has 0 saturated carbocycles. The van der Waals surface area contributed by atoms with Gasteiger partial charge in [0.25, 0.3) is 5.91 Å². The number of nitrogens with one attached hydrogen (secondary N) is 1. The molecular formula is C12H17N5O. The second kappa shape index (κ2) is 6.57. The summed E-state index contributed by atoms with van der Waals surface area (Å²) in [6.45, 7) is 4.60. The van der Waals surface area contributed by atoms with Crippen LogP contribution in [0.2, 0.25) is 0 Å².